The summed E-state index contributed by atoms with van der Waals surface area (Å²) in [5.41, 5.74) is 6.30. The van der Waals surface area contributed by atoms with Crippen LogP contribution >= 0.6 is 0 Å². The Morgan fingerprint density at radius 2 is 2.43 bits per heavy atom. The highest BCUT2D eigenvalue weighted by molar-refractivity contribution is 5.91. The number of rotatable bonds is 3. The van der Waals surface area contributed by atoms with Crippen molar-refractivity contribution in [3.8, 4) is 0 Å². The summed E-state index contributed by atoms with van der Waals surface area (Å²) in [7, 11) is 0. The molecule has 1 saturated heterocycles. The first-order valence-electron chi connectivity index (χ1n) is 4.49. The molecule has 0 aliphatic carbocycles. The predicted molar refractivity (Wildman–Crippen MR) is 53.0 cm³/mol. The van der Waals surface area contributed by atoms with Crippen LogP contribution in [0, 0.1) is 0 Å². The number of anilines is 1. The average molecular weight is 192 g/mol. The summed E-state index contributed by atoms with van der Waals surface area (Å²) in [6.07, 6.45) is 1.58. The van der Waals surface area contributed by atoms with Gasteiger partial charge in [-0.1, -0.05) is 0 Å². The van der Waals surface area contributed by atoms with Gasteiger partial charge in [-0.05, 0) is 12.1 Å². The summed E-state index contributed by atoms with van der Waals surface area (Å²) < 4.78 is 0. The Hall–Kier alpha value is -1.62. The van der Waals surface area contributed by atoms with Crippen LogP contribution in [0.2, 0.25) is 0 Å². The number of nitrogens with zero attached hydrogens (tertiary/aromatic N) is 1. The maximum absolute atomic E-state index is 10.8. The fraction of sp³-hybridized carbons (Fsp3) is 0.333. The summed E-state index contributed by atoms with van der Waals surface area (Å²) in [5.74, 6) is -0.500. The third-order valence-corrected chi connectivity index (χ3v) is 2.16. The van der Waals surface area contributed by atoms with Gasteiger partial charge < -0.3 is 16.4 Å². The van der Waals surface area contributed by atoms with Crippen LogP contribution in [0.15, 0.2) is 18.3 Å². The molecule has 4 N–H and O–H groups in total. The van der Waals surface area contributed by atoms with Crippen molar-refractivity contribution in [2.75, 3.05) is 18.4 Å². The molecular formula is C9H12N4O. The third kappa shape index (κ3) is 1.82. The molecule has 5 nitrogen and oxygen atoms in total. The fourth-order valence-electron chi connectivity index (χ4n) is 1.28. The molecule has 0 unspecified atom stereocenters. The van der Waals surface area contributed by atoms with E-state index >= 15 is 0 Å². The fourth-order valence-corrected chi connectivity index (χ4v) is 1.28. The van der Waals surface area contributed by atoms with Crippen molar-refractivity contribution >= 4 is 11.6 Å². The lowest BCUT2D eigenvalue weighted by Crippen LogP contribution is -2.51. The van der Waals surface area contributed by atoms with Gasteiger partial charge in [-0.2, -0.15) is 0 Å². The second-order valence-corrected chi connectivity index (χ2v) is 3.29. The van der Waals surface area contributed by atoms with Gasteiger partial charge >= 0.3 is 0 Å². The van der Waals surface area contributed by atoms with Gasteiger partial charge in [0, 0.05) is 25.0 Å². The van der Waals surface area contributed by atoms with E-state index in [2.05, 4.69) is 15.6 Å². The Balaban J connectivity index is 2.09. The van der Waals surface area contributed by atoms with Gasteiger partial charge in [0.25, 0.3) is 5.91 Å². The van der Waals surface area contributed by atoms with Crippen molar-refractivity contribution in [1.82, 2.24) is 10.3 Å². The van der Waals surface area contributed by atoms with E-state index in [1.165, 1.54) is 0 Å². The lowest BCUT2D eigenvalue weighted by Gasteiger charge is -2.28. The number of pyridine rings is 1. The molecule has 1 aromatic rings. The van der Waals surface area contributed by atoms with Crippen LogP contribution in [-0.2, 0) is 0 Å². The molecule has 5 heteroatoms. The van der Waals surface area contributed by atoms with Crippen LogP contribution in [0.3, 0.4) is 0 Å². The van der Waals surface area contributed by atoms with Gasteiger partial charge in [0.2, 0.25) is 0 Å². The largest absolute Gasteiger partial charge is 0.380 e. The highest BCUT2D eigenvalue weighted by Gasteiger charge is 2.16. The van der Waals surface area contributed by atoms with Gasteiger partial charge in [0.1, 0.15) is 5.69 Å². The maximum atomic E-state index is 10.8. The molecule has 0 bridgehead atoms. The molecule has 0 aromatic carbocycles. The molecule has 0 radical (unpaired) electrons. The van der Waals surface area contributed by atoms with E-state index in [1.807, 2.05) is 6.07 Å². The van der Waals surface area contributed by atoms with Gasteiger partial charge in [-0.25, -0.2) is 0 Å². The van der Waals surface area contributed by atoms with Crippen molar-refractivity contribution in [3.05, 3.63) is 24.0 Å². The number of amides is 1. The summed E-state index contributed by atoms with van der Waals surface area (Å²) in [5, 5.41) is 6.41. The Labute approximate surface area is 81.7 Å². The van der Waals surface area contributed by atoms with Crippen LogP contribution < -0.4 is 16.4 Å². The van der Waals surface area contributed by atoms with Crippen LogP contribution in [0.4, 0.5) is 5.69 Å². The first kappa shape index (κ1) is 8.96. The van der Waals surface area contributed by atoms with E-state index in [0.29, 0.717) is 11.7 Å². The molecule has 0 saturated carbocycles. The molecule has 14 heavy (non-hydrogen) atoms. The molecule has 0 spiro atoms. The second-order valence-electron chi connectivity index (χ2n) is 3.29. The van der Waals surface area contributed by atoms with E-state index in [1.54, 1.807) is 12.3 Å². The number of aromatic nitrogens is 1. The van der Waals surface area contributed by atoms with Crippen molar-refractivity contribution in [2.45, 2.75) is 6.04 Å². The molecule has 1 aliphatic heterocycles. The van der Waals surface area contributed by atoms with Crippen LogP contribution in [0.1, 0.15) is 10.5 Å². The van der Waals surface area contributed by atoms with E-state index < -0.39 is 5.91 Å². The zero-order chi connectivity index (χ0) is 9.97. The van der Waals surface area contributed by atoms with E-state index in [4.69, 9.17) is 5.73 Å². The Bertz CT molecular complexity index is 348. The number of nitrogens with two attached hydrogens (primary N) is 1. The molecule has 1 fully saturated rings. The Morgan fingerprint density at radius 1 is 1.64 bits per heavy atom. The highest BCUT2D eigenvalue weighted by atomic mass is 16.1. The van der Waals surface area contributed by atoms with Crippen molar-refractivity contribution < 1.29 is 4.79 Å². The zero-order valence-corrected chi connectivity index (χ0v) is 7.66. The number of nitrogens with one attached hydrogen (secondary N) is 2. The molecule has 74 valence electrons. The average Bonchev–Trinajstić information content (AvgIpc) is 2.12. The zero-order valence-electron chi connectivity index (χ0n) is 7.66. The lowest BCUT2D eigenvalue weighted by atomic mass is 10.1. The number of carbonyl (C=O) groups excluding carboxylic acids is 1. The van der Waals surface area contributed by atoms with Crippen molar-refractivity contribution in [1.29, 1.82) is 0 Å². The Kier molecular flexibility index (Phi) is 2.32. The Morgan fingerprint density at radius 3 is 3.00 bits per heavy atom. The standard InChI is InChI=1S/C9H12N4O/c10-9(14)8-3-6(1-2-12-8)13-7-4-11-5-7/h1-3,7,11H,4-5H2,(H2,10,14)(H,12,13). The molecule has 2 heterocycles. The first-order chi connectivity index (χ1) is 6.75. The van der Waals surface area contributed by atoms with Gasteiger partial charge in [-0.15, -0.1) is 0 Å². The van der Waals surface area contributed by atoms with E-state index in [-0.39, 0.29) is 0 Å². The van der Waals surface area contributed by atoms with Gasteiger partial charge in [0.05, 0.1) is 6.04 Å². The first-order valence-corrected chi connectivity index (χ1v) is 4.49. The summed E-state index contributed by atoms with van der Waals surface area (Å²) >= 11 is 0. The SMILES string of the molecule is NC(=O)c1cc(NC2CNC2)ccn1. The molecule has 0 atom stereocenters. The minimum absolute atomic E-state index is 0.294. The van der Waals surface area contributed by atoms with Crippen LogP contribution in [0.5, 0.6) is 0 Å². The number of hydrogen-bond acceptors (Lipinski definition) is 4. The van der Waals surface area contributed by atoms with Gasteiger partial charge in [-0.3, -0.25) is 9.78 Å². The lowest BCUT2D eigenvalue weighted by molar-refractivity contribution is 0.0995. The molecule has 1 aromatic heterocycles. The smallest absolute Gasteiger partial charge is 0.267 e. The topological polar surface area (TPSA) is 80.0 Å². The van der Waals surface area contributed by atoms with Crippen LogP contribution in [0.25, 0.3) is 0 Å². The van der Waals surface area contributed by atoms with Gasteiger partial charge in [0.15, 0.2) is 0 Å². The quantitative estimate of drug-likeness (QED) is 0.606. The molecule has 2 rings (SSSR count). The van der Waals surface area contributed by atoms with Crippen molar-refractivity contribution in [2.24, 2.45) is 5.73 Å². The van der Waals surface area contributed by atoms with Crippen LogP contribution in [-0.4, -0.2) is 30.0 Å². The summed E-state index contributed by atoms with van der Waals surface area (Å²) in [4.78, 5) is 14.7. The monoisotopic (exact) mass is 192 g/mol. The molecular weight excluding hydrogens is 180 g/mol. The van der Waals surface area contributed by atoms with Crippen molar-refractivity contribution in [3.63, 3.8) is 0 Å². The van der Waals surface area contributed by atoms with E-state index in [0.717, 1.165) is 18.8 Å². The molecule has 1 amide bonds. The summed E-state index contributed by atoms with van der Waals surface area (Å²) in [6.45, 7) is 1.91. The number of hydrogen-bond donors (Lipinski definition) is 3. The highest BCUT2D eigenvalue weighted by Crippen LogP contribution is 2.10. The maximum Gasteiger partial charge on any atom is 0.267 e. The number of carbonyl (C=O) groups is 1. The summed E-state index contributed by atoms with van der Waals surface area (Å²) in [6, 6.07) is 3.93. The minimum Gasteiger partial charge on any atom is -0.380 e. The minimum atomic E-state index is -0.500. The number of primary amides is 1. The van der Waals surface area contributed by atoms with E-state index in [9.17, 15) is 4.79 Å². The normalized spacial score (nSPS) is 16.0. The molecule has 1 aliphatic rings. The second kappa shape index (κ2) is 3.63. The third-order valence-electron chi connectivity index (χ3n) is 2.16. The predicted octanol–water partition coefficient (Wildman–Crippen LogP) is -0.436.